The number of hydrogen-bond donors (Lipinski definition) is 1. The SMILES string of the molecule is C=CCCNc1ccoc1. The number of hydrogen-bond acceptors (Lipinski definition) is 2. The second-order valence-electron chi connectivity index (χ2n) is 2.02. The van der Waals surface area contributed by atoms with E-state index < -0.39 is 0 Å². The Bertz CT molecular complexity index is 179. The van der Waals surface area contributed by atoms with Crippen molar-refractivity contribution in [3.63, 3.8) is 0 Å². The highest BCUT2D eigenvalue weighted by atomic mass is 16.3. The van der Waals surface area contributed by atoms with Gasteiger partial charge >= 0.3 is 0 Å². The van der Waals surface area contributed by atoms with Crippen molar-refractivity contribution in [3.8, 4) is 0 Å². The first kappa shape index (κ1) is 6.93. The maximum absolute atomic E-state index is 4.86. The molecule has 0 bridgehead atoms. The number of anilines is 1. The zero-order valence-corrected chi connectivity index (χ0v) is 5.84. The average Bonchev–Trinajstić information content (AvgIpc) is 2.41. The molecule has 0 fully saturated rings. The van der Waals surface area contributed by atoms with Gasteiger partial charge in [0.2, 0.25) is 0 Å². The van der Waals surface area contributed by atoms with E-state index >= 15 is 0 Å². The molecule has 0 atom stereocenters. The molecule has 0 saturated carbocycles. The van der Waals surface area contributed by atoms with E-state index in [4.69, 9.17) is 4.42 Å². The topological polar surface area (TPSA) is 25.2 Å². The minimum absolute atomic E-state index is 0.920. The van der Waals surface area contributed by atoms with E-state index in [-0.39, 0.29) is 0 Å². The minimum Gasteiger partial charge on any atom is -0.470 e. The molecule has 1 aromatic heterocycles. The summed E-state index contributed by atoms with van der Waals surface area (Å²) in [6, 6.07) is 1.89. The van der Waals surface area contributed by atoms with Gasteiger partial charge in [0.15, 0.2) is 0 Å². The molecular formula is C8H11NO. The van der Waals surface area contributed by atoms with Crippen LogP contribution in [0.1, 0.15) is 6.42 Å². The summed E-state index contributed by atoms with van der Waals surface area (Å²) in [7, 11) is 0. The number of rotatable bonds is 4. The van der Waals surface area contributed by atoms with Gasteiger partial charge in [0.05, 0.1) is 12.0 Å². The molecular weight excluding hydrogens is 126 g/mol. The van der Waals surface area contributed by atoms with Gasteiger partial charge in [-0.1, -0.05) is 6.08 Å². The second-order valence-corrected chi connectivity index (χ2v) is 2.02. The fourth-order valence-electron chi connectivity index (χ4n) is 0.684. The second kappa shape index (κ2) is 3.77. The van der Waals surface area contributed by atoms with Gasteiger partial charge in [-0.15, -0.1) is 6.58 Å². The van der Waals surface area contributed by atoms with Gasteiger partial charge in [0.1, 0.15) is 6.26 Å². The summed E-state index contributed by atoms with van der Waals surface area (Å²) in [5.74, 6) is 0. The highest BCUT2D eigenvalue weighted by Crippen LogP contribution is 2.05. The van der Waals surface area contributed by atoms with E-state index in [9.17, 15) is 0 Å². The van der Waals surface area contributed by atoms with E-state index in [0.717, 1.165) is 18.7 Å². The van der Waals surface area contributed by atoms with Crippen molar-refractivity contribution in [2.45, 2.75) is 6.42 Å². The molecule has 0 aliphatic carbocycles. The van der Waals surface area contributed by atoms with Crippen LogP contribution in [0.25, 0.3) is 0 Å². The quantitative estimate of drug-likeness (QED) is 0.508. The van der Waals surface area contributed by atoms with Crippen LogP contribution in [0.2, 0.25) is 0 Å². The summed E-state index contributed by atoms with van der Waals surface area (Å²) < 4.78 is 4.86. The molecule has 1 N–H and O–H groups in total. The predicted octanol–water partition coefficient (Wildman–Crippen LogP) is 2.27. The molecule has 0 aliphatic heterocycles. The Morgan fingerprint density at radius 3 is 3.20 bits per heavy atom. The molecule has 2 heteroatoms. The van der Waals surface area contributed by atoms with Crippen molar-refractivity contribution < 1.29 is 4.42 Å². The molecule has 10 heavy (non-hydrogen) atoms. The van der Waals surface area contributed by atoms with E-state index in [2.05, 4.69) is 11.9 Å². The van der Waals surface area contributed by atoms with Gasteiger partial charge in [-0.05, 0) is 12.5 Å². The summed E-state index contributed by atoms with van der Waals surface area (Å²) in [6.07, 6.45) is 6.19. The Morgan fingerprint density at radius 2 is 2.60 bits per heavy atom. The fraction of sp³-hybridized carbons (Fsp3) is 0.250. The Hall–Kier alpha value is -1.18. The molecule has 0 aromatic carbocycles. The lowest BCUT2D eigenvalue weighted by Gasteiger charge is -1.97. The average molecular weight is 137 g/mol. The Kier molecular flexibility index (Phi) is 2.62. The lowest BCUT2D eigenvalue weighted by molar-refractivity contribution is 0.568. The van der Waals surface area contributed by atoms with E-state index in [1.165, 1.54) is 0 Å². The molecule has 54 valence electrons. The maximum atomic E-state index is 4.86. The third-order valence-electron chi connectivity index (χ3n) is 1.20. The molecule has 1 rings (SSSR count). The largest absolute Gasteiger partial charge is 0.470 e. The molecule has 0 unspecified atom stereocenters. The molecule has 1 aromatic rings. The monoisotopic (exact) mass is 137 g/mol. The summed E-state index contributed by atoms with van der Waals surface area (Å²) in [6.45, 7) is 4.54. The van der Waals surface area contributed by atoms with Crippen LogP contribution in [0, 0.1) is 0 Å². The van der Waals surface area contributed by atoms with E-state index in [0.29, 0.717) is 0 Å². The van der Waals surface area contributed by atoms with Crippen LogP contribution < -0.4 is 5.32 Å². The van der Waals surface area contributed by atoms with Crippen molar-refractivity contribution in [1.29, 1.82) is 0 Å². The smallest absolute Gasteiger partial charge is 0.113 e. The minimum atomic E-state index is 0.920. The van der Waals surface area contributed by atoms with Crippen molar-refractivity contribution in [2.75, 3.05) is 11.9 Å². The third-order valence-corrected chi connectivity index (χ3v) is 1.20. The van der Waals surface area contributed by atoms with Crippen molar-refractivity contribution in [3.05, 3.63) is 31.2 Å². The van der Waals surface area contributed by atoms with Crippen molar-refractivity contribution >= 4 is 5.69 Å². The van der Waals surface area contributed by atoms with Crippen molar-refractivity contribution in [1.82, 2.24) is 0 Å². The van der Waals surface area contributed by atoms with Crippen LogP contribution >= 0.6 is 0 Å². The van der Waals surface area contributed by atoms with Crippen LogP contribution in [-0.2, 0) is 0 Å². The Morgan fingerprint density at radius 1 is 1.70 bits per heavy atom. The van der Waals surface area contributed by atoms with Crippen LogP contribution in [-0.4, -0.2) is 6.54 Å². The van der Waals surface area contributed by atoms with Crippen LogP contribution in [0.4, 0.5) is 5.69 Å². The first-order valence-corrected chi connectivity index (χ1v) is 3.30. The standard InChI is InChI=1S/C8H11NO/c1-2-3-5-9-8-4-6-10-7-8/h2,4,6-7,9H,1,3,5H2. The fourth-order valence-corrected chi connectivity index (χ4v) is 0.684. The van der Waals surface area contributed by atoms with Gasteiger partial charge in [0, 0.05) is 6.54 Å². The van der Waals surface area contributed by atoms with Crippen LogP contribution in [0.3, 0.4) is 0 Å². The normalized spacial score (nSPS) is 9.20. The van der Waals surface area contributed by atoms with E-state index in [1.807, 2.05) is 12.1 Å². The zero-order valence-electron chi connectivity index (χ0n) is 5.84. The molecule has 0 aliphatic rings. The molecule has 1 heterocycles. The lowest BCUT2D eigenvalue weighted by atomic mass is 10.4. The number of furan rings is 1. The lowest BCUT2D eigenvalue weighted by Crippen LogP contribution is -1.97. The Balaban J connectivity index is 2.21. The number of nitrogens with one attached hydrogen (secondary N) is 1. The molecule has 0 amide bonds. The summed E-state index contributed by atoms with van der Waals surface area (Å²) in [5.41, 5.74) is 1.03. The summed E-state index contributed by atoms with van der Waals surface area (Å²) >= 11 is 0. The van der Waals surface area contributed by atoms with Crippen LogP contribution in [0.15, 0.2) is 35.7 Å². The third kappa shape index (κ3) is 1.97. The molecule has 0 radical (unpaired) electrons. The summed E-state index contributed by atoms with van der Waals surface area (Å²) in [4.78, 5) is 0. The van der Waals surface area contributed by atoms with Gasteiger partial charge < -0.3 is 9.73 Å². The first-order chi connectivity index (χ1) is 4.93. The summed E-state index contributed by atoms with van der Waals surface area (Å²) in [5, 5.41) is 3.16. The van der Waals surface area contributed by atoms with E-state index in [1.54, 1.807) is 12.5 Å². The van der Waals surface area contributed by atoms with Gasteiger partial charge in [-0.3, -0.25) is 0 Å². The Labute approximate surface area is 60.5 Å². The van der Waals surface area contributed by atoms with Gasteiger partial charge in [0.25, 0.3) is 0 Å². The highest BCUT2D eigenvalue weighted by molar-refractivity contribution is 5.38. The molecule has 0 spiro atoms. The van der Waals surface area contributed by atoms with Crippen LogP contribution in [0.5, 0.6) is 0 Å². The van der Waals surface area contributed by atoms with Crippen molar-refractivity contribution in [2.24, 2.45) is 0 Å². The highest BCUT2D eigenvalue weighted by Gasteiger charge is 1.88. The maximum Gasteiger partial charge on any atom is 0.113 e. The van der Waals surface area contributed by atoms with Gasteiger partial charge in [-0.2, -0.15) is 0 Å². The predicted molar refractivity (Wildman–Crippen MR) is 42.0 cm³/mol. The van der Waals surface area contributed by atoms with Gasteiger partial charge in [-0.25, -0.2) is 0 Å². The molecule has 0 saturated heterocycles. The first-order valence-electron chi connectivity index (χ1n) is 3.30. The molecule has 2 nitrogen and oxygen atoms in total. The zero-order chi connectivity index (χ0) is 7.23.